The summed E-state index contributed by atoms with van der Waals surface area (Å²) in [6.45, 7) is 3.73. The standard InChI is InChI=1S/C14H19BrN2O/c1-10-12(6-3-7-13(10)15)14(18)17-8-4-5-11(17)9-16-2/h3,6-7,11,16H,4-5,8-9H2,1-2H3/t11-/m0/s1. The zero-order valence-electron chi connectivity index (χ0n) is 10.9. The number of likely N-dealkylation sites (N-methyl/N-ethyl adjacent to an activating group) is 1. The van der Waals surface area contributed by atoms with Gasteiger partial charge in [0.1, 0.15) is 0 Å². The van der Waals surface area contributed by atoms with E-state index in [1.807, 2.05) is 37.1 Å². The third kappa shape index (κ3) is 2.59. The van der Waals surface area contributed by atoms with Crippen molar-refractivity contribution in [3.05, 3.63) is 33.8 Å². The number of carbonyl (C=O) groups is 1. The van der Waals surface area contributed by atoms with Crippen molar-refractivity contribution >= 4 is 21.8 Å². The molecule has 1 aromatic rings. The maximum Gasteiger partial charge on any atom is 0.254 e. The van der Waals surface area contributed by atoms with Gasteiger partial charge in [-0.25, -0.2) is 0 Å². The van der Waals surface area contributed by atoms with E-state index in [1.54, 1.807) is 0 Å². The first-order valence-corrected chi connectivity index (χ1v) is 7.15. The molecule has 98 valence electrons. The Labute approximate surface area is 117 Å². The summed E-state index contributed by atoms with van der Waals surface area (Å²) in [5.41, 5.74) is 1.84. The summed E-state index contributed by atoms with van der Waals surface area (Å²) < 4.78 is 0.998. The van der Waals surface area contributed by atoms with Crippen LogP contribution in [0.25, 0.3) is 0 Å². The van der Waals surface area contributed by atoms with Gasteiger partial charge in [0.05, 0.1) is 0 Å². The number of amides is 1. The highest BCUT2D eigenvalue weighted by molar-refractivity contribution is 9.10. The van der Waals surface area contributed by atoms with E-state index in [9.17, 15) is 4.79 Å². The number of nitrogens with one attached hydrogen (secondary N) is 1. The van der Waals surface area contributed by atoms with Crippen molar-refractivity contribution in [2.24, 2.45) is 0 Å². The van der Waals surface area contributed by atoms with Crippen molar-refractivity contribution in [1.29, 1.82) is 0 Å². The van der Waals surface area contributed by atoms with Gasteiger partial charge in [-0.3, -0.25) is 4.79 Å². The van der Waals surface area contributed by atoms with Gasteiger partial charge < -0.3 is 10.2 Å². The summed E-state index contributed by atoms with van der Waals surface area (Å²) >= 11 is 3.49. The number of hydrogen-bond donors (Lipinski definition) is 1. The van der Waals surface area contributed by atoms with E-state index in [0.29, 0.717) is 6.04 Å². The van der Waals surface area contributed by atoms with Crippen molar-refractivity contribution in [2.75, 3.05) is 20.1 Å². The molecule has 1 heterocycles. The average molecular weight is 311 g/mol. The summed E-state index contributed by atoms with van der Waals surface area (Å²) in [4.78, 5) is 14.6. The van der Waals surface area contributed by atoms with Gasteiger partial charge >= 0.3 is 0 Å². The molecule has 0 aliphatic carbocycles. The molecule has 0 spiro atoms. The van der Waals surface area contributed by atoms with Gasteiger partial charge in [-0.1, -0.05) is 22.0 Å². The number of benzene rings is 1. The van der Waals surface area contributed by atoms with Gasteiger partial charge in [0.25, 0.3) is 5.91 Å². The topological polar surface area (TPSA) is 32.3 Å². The van der Waals surface area contributed by atoms with Crippen LogP contribution >= 0.6 is 15.9 Å². The van der Waals surface area contributed by atoms with Crippen molar-refractivity contribution in [1.82, 2.24) is 10.2 Å². The quantitative estimate of drug-likeness (QED) is 0.930. The Hall–Kier alpha value is -0.870. The lowest BCUT2D eigenvalue weighted by molar-refractivity contribution is 0.0736. The SMILES string of the molecule is CNC[C@@H]1CCCN1C(=O)c1cccc(Br)c1C. The zero-order chi connectivity index (χ0) is 13.1. The highest BCUT2D eigenvalue weighted by atomic mass is 79.9. The Kier molecular flexibility index (Phi) is 4.40. The molecule has 1 amide bonds. The summed E-state index contributed by atoms with van der Waals surface area (Å²) in [7, 11) is 1.94. The third-order valence-corrected chi connectivity index (χ3v) is 4.43. The molecule has 3 nitrogen and oxygen atoms in total. The molecule has 0 saturated carbocycles. The number of likely N-dealkylation sites (tertiary alicyclic amines) is 1. The molecule has 1 aliphatic heterocycles. The molecule has 18 heavy (non-hydrogen) atoms. The van der Waals surface area contributed by atoms with Crippen LogP contribution in [0.15, 0.2) is 22.7 Å². The molecule has 1 aliphatic rings. The fourth-order valence-electron chi connectivity index (χ4n) is 2.54. The number of rotatable bonds is 3. The van der Waals surface area contributed by atoms with Crippen LogP contribution in [0.2, 0.25) is 0 Å². The van der Waals surface area contributed by atoms with Crippen LogP contribution in [0.1, 0.15) is 28.8 Å². The molecule has 1 saturated heterocycles. The minimum atomic E-state index is 0.159. The van der Waals surface area contributed by atoms with E-state index in [4.69, 9.17) is 0 Å². The van der Waals surface area contributed by atoms with Crippen molar-refractivity contribution < 1.29 is 4.79 Å². The fraction of sp³-hybridized carbons (Fsp3) is 0.500. The first-order valence-electron chi connectivity index (χ1n) is 6.36. The first kappa shape index (κ1) is 13.6. The maximum absolute atomic E-state index is 12.6. The van der Waals surface area contributed by atoms with Crippen molar-refractivity contribution in [2.45, 2.75) is 25.8 Å². The van der Waals surface area contributed by atoms with Crippen LogP contribution in [-0.4, -0.2) is 37.0 Å². The molecule has 2 rings (SSSR count). The Morgan fingerprint density at radius 1 is 1.56 bits per heavy atom. The molecular formula is C14H19BrN2O. The highest BCUT2D eigenvalue weighted by Gasteiger charge is 2.29. The predicted molar refractivity (Wildman–Crippen MR) is 76.9 cm³/mol. The molecule has 0 bridgehead atoms. The van der Waals surface area contributed by atoms with E-state index in [2.05, 4.69) is 21.2 Å². The van der Waals surface area contributed by atoms with E-state index < -0.39 is 0 Å². The summed E-state index contributed by atoms with van der Waals surface area (Å²) in [6, 6.07) is 6.15. The molecular weight excluding hydrogens is 292 g/mol. The minimum Gasteiger partial charge on any atom is -0.334 e. The molecule has 0 unspecified atom stereocenters. The number of carbonyl (C=O) groups excluding carboxylic acids is 1. The maximum atomic E-state index is 12.6. The monoisotopic (exact) mass is 310 g/mol. The normalized spacial score (nSPS) is 19.3. The molecule has 1 aromatic carbocycles. The molecule has 4 heteroatoms. The molecule has 1 fully saturated rings. The van der Waals surface area contributed by atoms with E-state index >= 15 is 0 Å². The van der Waals surface area contributed by atoms with Crippen LogP contribution in [0.5, 0.6) is 0 Å². The van der Waals surface area contributed by atoms with Gasteiger partial charge in [0.2, 0.25) is 0 Å². The van der Waals surface area contributed by atoms with Crippen LogP contribution < -0.4 is 5.32 Å². The van der Waals surface area contributed by atoms with E-state index in [-0.39, 0.29) is 5.91 Å². The number of halogens is 1. The summed E-state index contributed by atoms with van der Waals surface area (Å²) in [5, 5.41) is 3.17. The second kappa shape index (κ2) is 5.85. The second-order valence-electron chi connectivity index (χ2n) is 4.76. The predicted octanol–water partition coefficient (Wildman–Crippen LogP) is 2.58. The van der Waals surface area contributed by atoms with Crippen LogP contribution in [0, 0.1) is 6.92 Å². The van der Waals surface area contributed by atoms with Crippen LogP contribution in [0.3, 0.4) is 0 Å². The summed E-state index contributed by atoms with van der Waals surface area (Å²) in [6.07, 6.45) is 2.20. The minimum absolute atomic E-state index is 0.159. The van der Waals surface area contributed by atoms with E-state index in [1.165, 1.54) is 0 Å². The van der Waals surface area contributed by atoms with Crippen molar-refractivity contribution in [3.63, 3.8) is 0 Å². The summed E-state index contributed by atoms with van der Waals surface area (Å²) in [5.74, 6) is 0.159. The first-order chi connectivity index (χ1) is 8.65. The Balaban J connectivity index is 2.23. The van der Waals surface area contributed by atoms with Gasteiger partial charge in [-0.15, -0.1) is 0 Å². The Morgan fingerprint density at radius 2 is 2.33 bits per heavy atom. The van der Waals surface area contributed by atoms with Crippen LogP contribution in [-0.2, 0) is 0 Å². The average Bonchev–Trinajstić information content (AvgIpc) is 2.80. The zero-order valence-corrected chi connectivity index (χ0v) is 12.5. The van der Waals surface area contributed by atoms with E-state index in [0.717, 1.165) is 41.5 Å². The van der Waals surface area contributed by atoms with Crippen molar-refractivity contribution in [3.8, 4) is 0 Å². The molecule has 1 N–H and O–H groups in total. The Bertz CT molecular complexity index is 447. The van der Waals surface area contributed by atoms with Gasteiger partial charge in [0, 0.05) is 29.2 Å². The lowest BCUT2D eigenvalue weighted by Gasteiger charge is -2.25. The fourth-order valence-corrected chi connectivity index (χ4v) is 2.91. The van der Waals surface area contributed by atoms with Gasteiger partial charge in [-0.2, -0.15) is 0 Å². The lowest BCUT2D eigenvalue weighted by Crippen LogP contribution is -2.41. The highest BCUT2D eigenvalue weighted by Crippen LogP contribution is 2.24. The van der Waals surface area contributed by atoms with Gasteiger partial charge in [0.15, 0.2) is 0 Å². The third-order valence-electron chi connectivity index (χ3n) is 3.58. The smallest absolute Gasteiger partial charge is 0.254 e. The number of hydrogen-bond acceptors (Lipinski definition) is 2. The molecule has 0 aromatic heterocycles. The van der Waals surface area contributed by atoms with Crippen LogP contribution in [0.4, 0.5) is 0 Å². The second-order valence-corrected chi connectivity index (χ2v) is 5.62. The largest absolute Gasteiger partial charge is 0.334 e. The lowest BCUT2D eigenvalue weighted by atomic mass is 10.1. The molecule has 1 atom stereocenters. The Morgan fingerprint density at radius 3 is 3.06 bits per heavy atom. The van der Waals surface area contributed by atoms with Gasteiger partial charge in [-0.05, 0) is 44.5 Å². The number of nitrogens with zero attached hydrogens (tertiary/aromatic N) is 1. The molecule has 0 radical (unpaired) electrons.